The van der Waals surface area contributed by atoms with Crippen molar-refractivity contribution >= 4 is 23.6 Å². The molecule has 0 radical (unpaired) electrons. The first-order chi connectivity index (χ1) is 9.60. The summed E-state index contributed by atoms with van der Waals surface area (Å²) in [5, 5.41) is 3.99. The van der Waals surface area contributed by atoms with Gasteiger partial charge in [0.1, 0.15) is 0 Å². The van der Waals surface area contributed by atoms with Crippen LogP contribution in [0.4, 0.5) is 0 Å². The second-order valence-corrected chi connectivity index (χ2v) is 5.64. The maximum absolute atomic E-state index is 12.1. The average Bonchev–Trinajstić information content (AvgIpc) is 2.48. The predicted octanol–water partition coefficient (Wildman–Crippen LogP) is 2.87. The molecule has 0 atom stereocenters. The first-order valence-corrected chi connectivity index (χ1v) is 7.38. The Morgan fingerprint density at radius 1 is 1.40 bits per heavy atom. The van der Waals surface area contributed by atoms with Crippen LogP contribution in [0, 0.1) is 6.92 Å². The quantitative estimate of drug-likeness (QED) is 0.869. The van der Waals surface area contributed by atoms with Gasteiger partial charge in [-0.2, -0.15) is 0 Å². The van der Waals surface area contributed by atoms with E-state index < -0.39 is 0 Å². The van der Waals surface area contributed by atoms with Crippen LogP contribution in [0.25, 0.3) is 6.08 Å². The lowest BCUT2D eigenvalue weighted by Gasteiger charge is -2.31. The molecular weight excluding hydrogens is 272 g/mol. The minimum atomic E-state index is 0.0799. The highest BCUT2D eigenvalue weighted by atomic mass is 35.5. The van der Waals surface area contributed by atoms with Crippen molar-refractivity contribution in [3.05, 3.63) is 40.4 Å². The van der Waals surface area contributed by atoms with Crippen LogP contribution in [-0.2, 0) is 4.79 Å². The van der Waals surface area contributed by atoms with E-state index in [9.17, 15) is 4.79 Å². The van der Waals surface area contributed by atoms with Gasteiger partial charge >= 0.3 is 0 Å². The summed E-state index contributed by atoms with van der Waals surface area (Å²) < 4.78 is 0. The first-order valence-electron chi connectivity index (χ1n) is 7.00. The Balaban J connectivity index is 1.94. The van der Waals surface area contributed by atoms with Crippen LogP contribution in [-0.4, -0.2) is 37.0 Å². The van der Waals surface area contributed by atoms with E-state index in [4.69, 9.17) is 11.6 Å². The zero-order chi connectivity index (χ0) is 14.5. The summed E-state index contributed by atoms with van der Waals surface area (Å²) in [6.45, 7) is 3.61. The number of amides is 1. The lowest BCUT2D eigenvalue weighted by molar-refractivity contribution is -0.127. The lowest BCUT2D eigenvalue weighted by Crippen LogP contribution is -2.43. The summed E-state index contributed by atoms with van der Waals surface area (Å²) in [4.78, 5) is 14.0. The van der Waals surface area contributed by atoms with Crippen LogP contribution in [0.2, 0.25) is 5.02 Å². The third kappa shape index (κ3) is 3.84. The van der Waals surface area contributed by atoms with Crippen molar-refractivity contribution in [3.8, 4) is 0 Å². The molecule has 0 aliphatic carbocycles. The topological polar surface area (TPSA) is 32.3 Å². The third-order valence-corrected chi connectivity index (χ3v) is 4.24. The Kier molecular flexibility index (Phi) is 5.21. The lowest BCUT2D eigenvalue weighted by atomic mass is 10.1. The molecular formula is C16H21ClN2O. The van der Waals surface area contributed by atoms with Crippen molar-refractivity contribution in [2.45, 2.75) is 25.8 Å². The highest BCUT2D eigenvalue weighted by Crippen LogP contribution is 2.18. The normalized spacial score (nSPS) is 16.9. The molecule has 3 nitrogen and oxygen atoms in total. The zero-order valence-corrected chi connectivity index (χ0v) is 12.8. The third-order valence-electron chi connectivity index (χ3n) is 3.83. The maximum Gasteiger partial charge on any atom is 0.246 e. The summed E-state index contributed by atoms with van der Waals surface area (Å²) >= 11 is 6.07. The number of piperidine rings is 1. The van der Waals surface area contributed by atoms with Gasteiger partial charge in [-0.05, 0) is 50.1 Å². The number of halogens is 1. The smallest absolute Gasteiger partial charge is 0.246 e. The second kappa shape index (κ2) is 6.91. The summed E-state index contributed by atoms with van der Waals surface area (Å²) in [5.41, 5.74) is 2.00. The van der Waals surface area contributed by atoms with E-state index in [0.717, 1.165) is 42.1 Å². The number of likely N-dealkylation sites (tertiary alicyclic amines) is 1. The molecule has 1 heterocycles. The number of carbonyl (C=O) groups excluding carboxylic acids is 1. The number of hydrogen-bond donors (Lipinski definition) is 1. The van der Waals surface area contributed by atoms with E-state index in [1.54, 1.807) is 6.08 Å². The largest absolute Gasteiger partial charge is 0.339 e. The highest BCUT2D eigenvalue weighted by molar-refractivity contribution is 6.31. The fourth-order valence-electron chi connectivity index (χ4n) is 2.37. The average molecular weight is 293 g/mol. The van der Waals surface area contributed by atoms with Crippen LogP contribution < -0.4 is 5.32 Å². The van der Waals surface area contributed by atoms with E-state index in [1.807, 2.05) is 43.1 Å². The van der Waals surface area contributed by atoms with E-state index >= 15 is 0 Å². The number of hydrogen-bond acceptors (Lipinski definition) is 2. The number of aryl methyl sites for hydroxylation is 1. The molecule has 0 aromatic heterocycles. The van der Waals surface area contributed by atoms with Crippen molar-refractivity contribution < 1.29 is 4.79 Å². The fraction of sp³-hybridized carbons (Fsp3) is 0.438. The summed E-state index contributed by atoms with van der Waals surface area (Å²) in [6, 6.07) is 6.36. The van der Waals surface area contributed by atoms with Crippen LogP contribution in [0.3, 0.4) is 0 Å². The molecule has 108 valence electrons. The van der Waals surface area contributed by atoms with Crippen LogP contribution in [0.5, 0.6) is 0 Å². The van der Waals surface area contributed by atoms with E-state index in [-0.39, 0.29) is 5.91 Å². The molecule has 1 aliphatic rings. The van der Waals surface area contributed by atoms with Gasteiger partial charge < -0.3 is 10.2 Å². The van der Waals surface area contributed by atoms with Crippen LogP contribution in [0.15, 0.2) is 24.3 Å². The Hall–Kier alpha value is -1.32. The molecule has 1 aliphatic heterocycles. The van der Waals surface area contributed by atoms with Gasteiger partial charge in [-0.1, -0.05) is 23.7 Å². The molecule has 2 rings (SSSR count). The van der Waals surface area contributed by atoms with Gasteiger partial charge in [0.15, 0.2) is 0 Å². The van der Waals surface area contributed by atoms with Gasteiger partial charge in [0, 0.05) is 30.2 Å². The van der Waals surface area contributed by atoms with Crippen molar-refractivity contribution in [1.82, 2.24) is 10.2 Å². The number of carbonyl (C=O) groups is 1. The van der Waals surface area contributed by atoms with Gasteiger partial charge in [0.05, 0.1) is 0 Å². The molecule has 1 aromatic rings. The standard InChI is InChI=1S/C16H21ClN2O/c1-12-3-4-13(11-15(12)17)5-6-16(20)19-9-7-14(18-2)8-10-19/h3-6,11,14,18H,7-10H2,1-2H3/b6-5+. The second-order valence-electron chi connectivity index (χ2n) is 5.23. The predicted molar refractivity (Wildman–Crippen MR) is 83.9 cm³/mol. The molecule has 1 fully saturated rings. The van der Waals surface area contributed by atoms with E-state index in [0.29, 0.717) is 6.04 Å². The first kappa shape index (κ1) is 15.1. The van der Waals surface area contributed by atoms with E-state index in [2.05, 4.69) is 5.32 Å². The molecule has 0 unspecified atom stereocenters. The van der Waals surface area contributed by atoms with Gasteiger partial charge in [0.2, 0.25) is 5.91 Å². The molecule has 0 bridgehead atoms. The van der Waals surface area contributed by atoms with Crippen molar-refractivity contribution in [1.29, 1.82) is 0 Å². The van der Waals surface area contributed by atoms with Gasteiger partial charge in [-0.15, -0.1) is 0 Å². The van der Waals surface area contributed by atoms with Crippen molar-refractivity contribution in [2.24, 2.45) is 0 Å². The van der Waals surface area contributed by atoms with E-state index in [1.165, 1.54) is 0 Å². The van der Waals surface area contributed by atoms with Crippen molar-refractivity contribution in [2.75, 3.05) is 20.1 Å². The minimum absolute atomic E-state index is 0.0799. The minimum Gasteiger partial charge on any atom is -0.339 e. The summed E-state index contributed by atoms with van der Waals surface area (Å²) in [5.74, 6) is 0.0799. The van der Waals surface area contributed by atoms with Crippen LogP contribution >= 0.6 is 11.6 Å². The fourth-order valence-corrected chi connectivity index (χ4v) is 2.56. The number of nitrogens with one attached hydrogen (secondary N) is 1. The summed E-state index contributed by atoms with van der Waals surface area (Å²) in [6.07, 6.45) is 5.51. The Morgan fingerprint density at radius 2 is 2.10 bits per heavy atom. The monoisotopic (exact) mass is 292 g/mol. The Morgan fingerprint density at radius 3 is 2.70 bits per heavy atom. The van der Waals surface area contributed by atoms with Gasteiger partial charge in [-0.25, -0.2) is 0 Å². The molecule has 4 heteroatoms. The number of nitrogens with zero attached hydrogens (tertiary/aromatic N) is 1. The zero-order valence-electron chi connectivity index (χ0n) is 12.0. The Bertz CT molecular complexity index is 505. The molecule has 1 N–H and O–H groups in total. The van der Waals surface area contributed by atoms with Crippen molar-refractivity contribution in [3.63, 3.8) is 0 Å². The molecule has 0 saturated carbocycles. The maximum atomic E-state index is 12.1. The number of benzene rings is 1. The Labute approximate surface area is 125 Å². The molecule has 1 amide bonds. The molecule has 20 heavy (non-hydrogen) atoms. The SMILES string of the molecule is CNC1CCN(C(=O)/C=C/c2ccc(C)c(Cl)c2)CC1. The van der Waals surface area contributed by atoms with Crippen LogP contribution in [0.1, 0.15) is 24.0 Å². The summed E-state index contributed by atoms with van der Waals surface area (Å²) in [7, 11) is 1.98. The molecule has 1 saturated heterocycles. The molecule has 0 spiro atoms. The van der Waals surface area contributed by atoms with Gasteiger partial charge in [-0.3, -0.25) is 4.79 Å². The highest BCUT2D eigenvalue weighted by Gasteiger charge is 2.19. The number of rotatable bonds is 3. The van der Waals surface area contributed by atoms with Gasteiger partial charge in [0.25, 0.3) is 0 Å². The molecule has 1 aromatic carbocycles.